The maximum Gasteiger partial charge on any atom is 0.137 e. The second kappa shape index (κ2) is 4.55. The molecular formula is C13H12ClN3O. The highest BCUT2D eigenvalue weighted by Gasteiger charge is 2.24. The van der Waals surface area contributed by atoms with Crippen molar-refractivity contribution >= 4 is 23.1 Å². The van der Waals surface area contributed by atoms with Crippen LogP contribution in [0.3, 0.4) is 0 Å². The van der Waals surface area contributed by atoms with Crippen molar-refractivity contribution in [3.8, 4) is 0 Å². The highest BCUT2D eigenvalue weighted by atomic mass is 35.5. The zero-order valence-corrected chi connectivity index (χ0v) is 10.4. The molecule has 1 aromatic carbocycles. The molecule has 1 atom stereocenters. The van der Waals surface area contributed by atoms with Crippen LogP contribution in [0.15, 0.2) is 30.6 Å². The van der Waals surface area contributed by atoms with Crippen molar-refractivity contribution in [3.05, 3.63) is 46.9 Å². The summed E-state index contributed by atoms with van der Waals surface area (Å²) in [5.74, 6) is 0.763. The van der Waals surface area contributed by atoms with E-state index in [0.29, 0.717) is 11.4 Å². The standard InChI is InChI=1S/C13H12ClN3O/c14-8-1-3-9(4-2-8)17-13-10-5-6-11(18)12(10)15-7-16-13/h1-4,7,11,18H,5-6H2,(H,15,16,17). The van der Waals surface area contributed by atoms with E-state index < -0.39 is 6.10 Å². The van der Waals surface area contributed by atoms with Gasteiger partial charge < -0.3 is 10.4 Å². The van der Waals surface area contributed by atoms with Crippen LogP contribution in [0.25, 0.3) is 0 Å². The van der Waals surface area contributed by atoms with Crippen molar-refractivity contribution in [1.82, 2.24) is 9.97 Å². The van der Waals surface area contributed by atoms with Gasteiger partial charge in [-0.2, -0.15) is 0 Å². The van der Waals surface area contributed by atoms with E-state index in [1.54, 1.807) is 0 Å². The summed E-state index contributed by atoms with van der Waals surface area (Å²) >= 11 is 5.84. The Bertz CT molecular complexity index is 571. The lowest BCUT2D eigenvalue weighted by atomic mass is 10.2. The van der Waals surface area contributed by atoms with E-state index >= 15 is 0 Å². The van der Waals surface area contributed by atoms with Gasteiger partial charge in [0.2, 0.25) is 0 Å². The average Bonchev–Trinajstić information content (AvgIpc) is 2.76. The Kier molecular flexibility index (Phi) is 2.89. The number of aliphatic hydroxyl groups is 1. The summed E-state index contributed by atoms with van der Waals surface area (Å²) in [5, 5.41) is 13.7. The molecule has 1 aromatic heterocycles. The lowest BCUT2D eigenvalue weighted by Gasteiger charge is -2.10. The van der Waals surface area contributed by atoms with Crippen molar-refractivity contribution in [2.75, 3.05) is 5.32 Å². The van der Waals surface area contributed by atoms with Gasteiger partial charge in [0, 0.05) is 16.3 Å². The first-order valence-electron chi connectivity index (χ1n) is 5.78. The van der Waals surface area contributed by atoms with Crippen LogP contribution in [0.1, 0.15) is 23.8 Å². The summed E-state index contributed by atoms with van der Waals surface area (Å²) in [7, 11) is 0. The Morgan fingerprint density at radius 2 is 2.00 bits per heavy atom. The van der Waals surface area contributed by atoms with Crippen LogP contribution in [0, 0.1) is 0 Å². The molecule has 1 aliphatic carbocycles. The first kappa shape index (κ1) is 11.4. The maximum atomic E-state index is 9.77. The normalized spacial score (nSPS) is 17.6. The molecule has 0 spiro atoms. The molecule has 0 radical (unpaired) electrons. The van der Waals surface area contributed by atoms with Gasteiger partial charge in [0.25, 0.3) is 0 Å². The number of hydrogen-bond donors (Lipinski definition) is 2. The Labute approximate surface area is 110 Å². The third-order valence-electron chi connectivity index (χ3n) is 3.07. The van der Waals surface area contributed by atoms with E-state index in [1.165, 1.54) is 6.33 Å². The molecule has 1 heterocycles. The SMILES string of the molecule is OC1CCc2c(Nc3ccc(Cl)cc3)ncnc21. The molecule has 0 amide bonds. The third kappa shape index (κ3) is 2.05. The lowest BCUT2D eigenvalue weighted by molar-refractivity contribution is 0.175. The van der Waals surface area contributed by atoms with Crippen LogP contribution >= 0.6 is 11.6 Å². The van der Waals surface area contributed by atoms with Crippen molar-refractivity contribution < 1.29 is 5.11 Å². The molecule has 92 valence electrons. The fourth-order valence-corrected chi connectivity index (χ4v) is 2.28. The van der Waals surface area contributed by atoms with Gasteiger partial charge in [0.05, 0.1) is 11.8 Å². The van der Waals surface area contributed by atoms with Crippen molar-refractivity contribution in [3.63, 3.8) is 0 Å². The zero-order chi connectivity index (χ0) is 12.5. The Morgan fingerprint density at radius 3 is 2.78 bits per heavy atom. The number of aliphatic hydroxyl groups excluding tert-OH is 1. The minimum Gasteiger partial charge on any atom is -0.387 e. The topological polar surface area (TPSA) is 58.0 Å². The van der Waals surface area contributed by atoms with Gasteiger partial charge in [-0.1, -0.05) is 11.6 Å². The fourth-order valence-electron chi connectivity index (χ4n) is 2.16. The van der Waals surface area contributed by atoms with E-state index in [-0.39, 0.29) is 0 Å². The quantitative estimate of drug-likeness (QED) is 0.873. The first-order chi connectivity index (χ1) is 8.74. The van der Waals surface area contributed by atoms with Crippen LogP contribution in [-0.4, -0.2) is 15.1 Å². The molecule has 0 aliphatic heterocycles. The number of nitrogens with zero attached hydrogens (tertiary/aromatic N) is 2. The van der Waals surface area contributed by atoms with Crippen LogP contribution in [-0.2, 0) is 6.42 Å². The molecule has 5 heteroatoms. The number of benzene rings is 1. The zero-order valence-electron chi connectivity index (χ0n) is 9.60. The molecule has 0 saturated carbocycles. The van der Waals surface area contributed by atoms with Crippen molar-refractivity contribution in [1.29, 1.82) is 0 Å². The highest BCUT2D eigenvalue weighted by molar-refractivity contribution is 6.30. The van der Waals surface area contributed by atoms with Crippen LogP contribution in [0.4, 0.5) is 11.5 Å². The summed E-state index contributed by atoms with van der Waals surface area (Å²) in [6.07, 6.45) is 2.52. The minimum atomic E-state index is -0.464. The lowest BCUT2D eigenvalue weighted by Crippen LogP contribution is -2.01. The van der Waals surface area contributed by atoms with Gasteiger partial charge in [-0.15, -0.1) is 0 Å². The number of nitrogens with one attached hydrogen (secondary N) is 1. The predicted molar refractivity (Wildman–Crippen MR) is 70.0 cm³/mol. The molecule has 0 fully saturated rings. The van der Waals surface area contributed by atoms with Gasteiger partial charge in [0.1, 0.15) is 12.1 Å². The van der Waals surface area contributed by atoms with E-state index in [2.05, 4.69) is 15.3 Å². The van der Waals surface area contributed by atoms with Gasteiger partial charge in [-0.25, -0.2) is 9.97 Å². The smallest absolute Gasteiger partial charge is 0.137 e. The number of rotatable bonds is 2. The van der Waals surface area contributed by atoms with E-state index in [1.807, 2.05) is 24.3 Å². The second-order valence-corrected chi connectivity index (χ2v) is 4.71. The summed E-state index contributed by atoms with van der Waals surface area (Å²) in [6.45, 7) is 0. The summed E-state index contributed by atoms with van der Waals surface area (Å²) < 4.78 is 0. The molecule has 4 nitrogen and oxygen atoms in total. The number of hydrogen-bond acceptors (Lipinski definition) is 4. The van der Waals surface area contributed by atoms with Gasteiger partial charge in [0.15, 0.2) is 0 Å². The van der Waals surface area contributed by atoms with Crippen molar-refractivity contribution in [2.24, 2.45) is 0 Å². The Morgan fingerprint density at radius 1 is 1.22 bits per heavy atom. The first-order valence-corrected chi connectivity index (χ1v) is 6.16. The van der Waals surface area contributed by atoms with Crippen molar-refractivity contribution in [2.45, 2.75) is 18.9 Å². The largest absolute Gasteiger partial charge is 0.387 e. The monoisotopic (exact) mass is 261 g/mol. The average molecular weight is 262 g/mol. The molecular weight excluding hydrogens is 250 g/mol. The molecule has 0 saturated heterocycles. The molecule has 0 bridgehead atoms. The maximum absolute atomic E-state index is 9.77. The third-order valence-corrected chi connectivity index (χ3v) is 3.32. The molecule has 1 unspecified atom stereocenters. The minimum absolute atomic E-state index is 0.464. The van der Waals surface area contributed by atoms with Crippen LogP contribution < -0.4 is 5.32 Å². The number of anilines is 2. The fraction of sp³-hybridized carbons (Fsp3) is 0.231. The molecule has 3 rings (SSSR count). The van der Waals surface area contributed by atoms with Gasteiger partial charge in [-0.3, -0.25) is 0 Å². The predicted octanol–water partition coefficient (Wildman–Crippen LogP) is 2.85. The summed E-state index contributed by atoms with van der Waals surface area (Å²) in [5.41, 5.74) is 2.66. The molecule has 1 aliphatic rings. The number of fused-ring (bicyclic) bond motifs is 1. The number of aromatic nitrogens is 2. The molecule has 2 N–H and O–H groups in total. The molecule has 18 heavy (non-hydrogen) atoms. The van der Waals surface area contributed by atoms with E-state index in [9.17, 15) is 5.11 Å². The second-order valence-electron chi connectivity index (χ2n) is 4.27. The Balaban J connectivity index is 1.92. The number of halogens is 1. The van der Waals surface area contributed by atoms with Gasteiger partial charge in [-0.05, 0) is 37.1 Å². The Hall–Kier alpha value is -1.65. The van der Waals surface area contributed by atoms with E-state index in [0.717, 1.165) is 29.2 Å². The summed E-state index contributed by atoms with van der Waals surface area (Å²) in [4.78, 5) is 8.37. The van der Waals surface area contributed by atoms with Gasteiger partial charge >= 0.3 is 0 Å². The van der Waals surface area contributed by atoms with E-state index in [4.69, 9.17) is 11.6 Å². The molecule has 2 aromatic rings. The van der Waals surface area contributed by atoms with Crippen LogP contribution in [0.2, 0.25) is 5.02 Å². The summed E-state index contributed by atoms with van der Waals surface area (Å²) in [6, 6.07) is 7.42. The highest BCUT2D eigenvalue weighted by Crippen LogP contribution is 2.33. The van der Waals surface area contributed by atoms with Crippen LogP contribution in [0.5, 0.6) is 0 Å².